The minimum absolute atomic E-state index is 0.0169. The molecule has 5 N–H and O–H groups in total. The molecule has 0 aromatic heterocycles. The number of methoxy groups -OCH3 is 1. The second-order valence-electron chi connectivity index (χ2n) is 19.2. The highest BCUT2D eigenvalue weighted by atomic mass is 35.5. The summed E-state index contributed by atoms with van der Waals surface area (Å²) in [6, 6.07) is 18.1. The fourth-order valence-electron chi connectivity index (χ4n) is 9.07. The summed E-state index contributed by atoms with van der Waals surface area (Å²) in [5.74, 6) is -0.212. The van der Waals surface area contributed by atoms with E-state index in [2.05, 4.69) is 55.0 Å². The molecule has 1 aliphatic heterocycles. The van der Waals surface area contributed by atoms with E-state index in [1.54, 1.807) is 37.4 Å². The van der Waals surface area contributed by atoms with Crippen molar-refractivity contribution in [2.24, 2.45) is 16.2 Å². The van der Waals surface area contributed by atoms with Gasteiger partial charge >= 0.3 is 0 Å². The molecule has 0 radical (unpaired) electrons. The predicted octanol–water partition coefficient (Wildman–Crippen LogP) is 6.55. The van der Waals surface area contributed by atoms with E-state index in [0.717, 1.165) is 36.1 Å². The molecule has 1 saturated carbocycles. The van der Waals surface area contributed by atoms with Gasteiger partial charge in [0.15, 0.2) is 0 Å². The second-order valence-corrected chi connectivity index (χ2v) is 19.6. The van der Waals surface area contributed by atoms with E-state index in [1.165, 1.54) is 4.90 Å². The van der Waals surface area contributed by atoms with Crippen molar-refractivity contribution in [3.63, 3.8) is 0 Å². The first kappa shape index (κ1) is 49.7. The van der Waals surface area contributed by atoms with Crippen LogP contribution in [-0.4, -0.2) is 97.4 Å². The molecule has 2 aliphatic rings. The summed E-state index contributed by atoms with van der Waals surface area (Å²) in [7, 11) is 1.57. The number of nitrogens with zero attached hydrogens (tertiary/aromatic N) is 2. The van der Waals surface area contributed by atoms with Crippen molar-refractivity contribution in [1.82, 2.24) is 20.9 Å². The SMILES string of the molecule is COc1cc(C)ccc1CNC(=O)[C@@H]1C[C@@H](O)CN1C(=O)[C@@H](NC(=O)COCCCCCNc1ccc(C(=O)NC2C(C)(C)C(Oc3ccc(C#N)c(Cl)c3)C2(C)C)cc1)C(C)(C)C. The summed E-state index contributed by atoms with van der Waals surface area (Å²) in [5, 5.41) is 32.4. The number of hydrogen-bond donors (Lipinski definition) is 5. The zero-order chi connectivity index (χ0) is 47.0. The van der Waals surface area contributed by atoms with Crippen molar-refractivity contribution in [1.29, 1.82) is 5.26 Å². The van der Waals surface area contributed by atoms with Gasteiger partial charge in [0.2, 0.25) is 17.7 Å². The standard InChI is InChI=1S/C49H65ClN6O8/c1-30-13-14-33(39(23-30)62-9)27-53-43(60)38-24-35(57)28-56(38)44(61)41(47(2,3)4)54-40(58)29-63-22-12-10-11-21-52-34-18-15-31(16-19-34)42(59)55-45-48(5,6)46(49(45,7)8)64-36-20-17-32(26-51)37(50)25-36/h13-20,23,25,35,38,41,45-46,52,57H,10-12,21-22,24,27-29H2,1-9H3,(H,53,60)(H,54,58)(H,55,59)/t35-,38+,41-,45?,46?/m1/s1. The first-order valence-electron chi connectivity index (χ1n) is 21.9. The van der Waals surface area contributed by atoms with Crippen molar-refractivity contribution in [3.05, 3.63) is 87.9 Å². The number of ether oxygens (including phenoxy) is 3. The number of carbonyl (C=O) groups is 4. The molecular weight excluding hydrogens is 836 g/mol. The number of nitrogens with one attached hydrogen (secondary N) is 4. The number of carbonyl (C=O) groups excluding carboxylic acids is 4. The molecule has 4 amide bonds. The van der Waals surface area contributed by atoms with Crippen molar-refractivity contribution in [2.45, 2.75) is 118 Å². The van der Waals surface area contributed by atoms with Crippen LogP contribution in [0.5, 0.6) is 11.5 Å². The van der Waals surface area contributed by atoms with Crippen LogP contribution in [0.2, 0.25) is 5.02 Å². The topological polar surface area (TPSA) is 191 Å². The number of nitriles is 1. The van der Waals surface area contributed by atoms with Crippen LogP contribution >= 0.6 is 11.6 Å². The zero-order valence-corrected chi connectivity index (χ0v) is 39.4. The molecule has 0 bridgehead atoms. The zero-order valence-electron chi connectivity index (χ0n) is 38.6. The third kappa shape index (κ3) is 12.0. The van der Waals surface area contributed by atoms with Crippen LogP contribution in [0, 0.1) is 34.5 Å². The van der Waals surface area contributed by atoms with Crippen LogP contribution in [-0.2, 0) is 25.7 Å². The average Bonchev–Trinajstić information content (AvgIpc) is 3.65. The lowest BCUT2D eigenvalue weighted by Crippen LogP contribution is -2.74. The Balaban J connectivity index is 0.998. The van der Waals surface area contributed by atoms with Crippen LogP contribution in [0.3, 0.4) is 0 Å². The predicted molar refractivity (Wildman–Crippen MR) is 246 cm³/mol. The van der Waals surface area contributed by atoms with E-state index in [-0.39, 0.29) is 55.0 Å². The van der Waals surface area contributed by atoms with E-state index in [4.69, 9.17) is 25.8 Å². The Morgan fingerprint density at radius 1 is 0.984 bits per heavy atom. The van der Waals surface area contributed by atoms with Crippen LogP contribution in [0.15, 0.2) is 60.7 Å². The van der Waals surface area contributed by atoms with Crippen LogP contribution in [0.4, 0.5) is 5.69 Å². The summed E-state index contributed by atoms with van der Waals surface area (Å²) < 4.78 is 17.5. The van der Waals surface area contributed by atoms with E-state index >= 15 is 0 Å². The molecule has 346 valence electrons. The Kier molecular flexibility index (Phi) is 16.4. The largest absolute Gasteiger partial charge is 0.496 e. The smallest absolute Gasteiger partial charge is 0.251 e. The van der Waals surface area contributed by atoms with Gasteiger partial charge in [-0.25, -0.2) is 0 Å². The van der Waals surface area contributed by atoms with E-state index < -0.39 is 41.3 Å². The monoisotopic (exact) mass is 900 g/mol. The third-order valence-corrected chi connectivity index (χ3v) is 12.6. The fraction of sp³-hybridized carbons (Fsp3) is 0.531. The highest BCUT2D eigenvalue weighted by Crippen LogP contribution is 2.55. The Morgan fingerprint density at radius 2 is 1.69 bits per heavy atom. The number of hydrogen-bond acceptors (Lipinski definition) is 10. The molecule has 2 fully saturated rings. The van der Waals surface area contributed by atoms with Crippen molar-refractivity contribution >= 4 is 40.9 Å². The van der Waals surface area contributed by atoms with Crippen molar-refractivity contribution in [2.75, 3.05) is 38.7 Å². The van der Waals surface area contributed by atoms with Gasteiger partial charge in [0.05, 0.1) is 23.8 Å². The number of likely N-dealkylation sites (tertiary alicyclic amines) is 1. The van der Waals surface area contributed by atoms with Crippen LogP contribution in [0.1, 0.15) is 101 Å². The fourth-order valence-corrected chi connectivity index (χ4v) is 9.29. The van der Waals surface area contributed by atoms with Crippen molar-refractivity contribution in [3.8, 4) is 17.6 Å². The molecular formula is C49H65ClN6O8. The quantitative estimate of drug-likeness (QED) is 0.0826. The van der Waals surface area contributed by atoms with Crippen LogP contribution in [0.25, 0.3) is 0 Å². The molecule has 1 saturated heterocycles. The molecule has 3 aromatic carbocycles. The molecule has 5 rings (SSSR count). The Morgan fingerprint density at radius 3 is 2.33 bits per heavy atom. The van der Waals surface area contributed by atoms with Gasteiger partial charge < -0.3 is 45.5 Å². The number of halogens is 1. The lowest BCUT2D eigenvalue weighted by atomic mass is 9.49. The molecule has 0 unspecified atom stereocenters. The summed E-state index contributed by atoms with van der Waals surface area (Å²) in [6.07, 6.45) is 1.46. The van der Waals surface area contributed by atoms with Gasteiger partial charge in [-0.2, -0.15) is 5.26 Å². The van der Waals surface area contributed by atoms with E-state index in [9.17, 15) is 29.5 Å². The number of unbranched alkanes of at least 4 members (excludes halogenated alkanes) is 2. The molecule has 1 aliphatic carbocycles. The molecule has 14 nitrogen and oxygen atoms in total. The van der Waals surface area contributed by atoms with Gasteiger partial charge in [-0.1, -0.05) is 72.2 Å². The van der Waals surface area contributed by atoms with Gasteiger partial charge in [-0.3, -0.25) is 19.2 Å². The summed E-state index contributed by atoms with van der Waals surface area (Å²) in [4.78, 5) is 55.0. The second kappa shape index (κ2) is 21.1. The summed E-state index contributed by atoms with van der Waals surface area (Å²) in [5.41, 5.74) is 2.20. The summed E-state index contributed by atoms with van der Waals surface area (Å²) >= 11 is 6.23. The first-order valence-corrected chi connectivity index (χ1v) is 22.3. The lowest BCUT2D eigenvalue weighted by molar-refractivity contribution is -0.164. The highest BCUT2D eigenvalue weighted by Gasteiger charge is 2.64. The average molecular weight is 902 g/mol. The maximum absolute atomic E-state index is 13.9. The van der Waals surface area contributed by atoms with Gasteiger partial charge in [-0.15, -0.1) is 0 Å². The van der Waals surface area contributed by atoms with Crippen LogP contribution < -0.4 is 30.7 Å². The Hall–Kier alpha value is -5.36. The number of amides is 4. The first-order chi connectivity index (χ1) is 30.2. The third-order valence-electron chi connectivity index (χ3n) is 12.3. The lowest BCUT2D eigenvalue weighted by Gasteiger charge is -2.63. The van der Waals surface area contributed by atoms with Gasteiger partial charge in [0, 0.05) is 72.4 Å². The number of benzene rings is 3. The number of aliphatic hydroxyl groups excluding tert-OH is 1. The molecule has 3 atom stereocenters. The number of β-amino-alcohol motifs (C(OH)–C–C–N with tert-alkyl or cyclic N) is 1. The Bertz CT molecular complexity index is 2170. The van der Waals surface area contributed by atoms with E-state index in [0.29, 0.717) is 40.8 Å². The minimum Gasteiger partial charge on any atom is -0.496 e. The molecule has 15 heteroatoms. The normalized spacial score (nSPS) is 20.2. The summed E-state index contributed by atoms with van der Waals surface area (Å²) in [6.45, 7) is 16.8. The van der Waals surface area contributed by atoms with Gasteiger partial charge in [0.25, 0.3) is 5.91 Å². The molecule has 1 heterocycles. The number of rotatable bonds is 19. The van der Waals surface area contributed by atoms with E-state index in [1.807, 2.05) is 58.0 Å². The maximum Gasteiger partial charge on any atom is 0.251 e. The van der Waals surface area contributed by atoms with Crippen molar-refractivity contribution < 1.29 is 38.5 Å². The van der Waals surface area contributed by atoms with Gasteiger partial charge in [0.1, 0.15) is 42.4 Å². The number of aryl methyl sites for hydroxylation is 1. The van der Waals surface area contributed by atoms with Gasteiger partial charge in [-0.05, 0) is 79.6 Å². The number of anilines is 1. The minimum atomic E-state index is -0.950. The highest BCUT2D eigenvalue weighted by molar-refractivity contribution is 6.31. The molecule has 64 heavy (non-hydrogen) atoms. The number of aliphatic hydroxyl groups is 1. The molecule has 3 aromatic rings. The Labute approximate surface area is 382 Å². The maximum atomic E-state index is 13.9. The molecule has 0 spiro atoms.